The molecule has 0 unspecified atom stereocenters. The highest BCUT2D eigenvalue weighted by Gasteiger charge is 2.36. The molecule has 1 aliphatic carbocycles. The van der Waals surface area contributed by atoms with Crippen LogP contribution in [0.25, 0.3) is 0 Å². The number of nitrogens with zero attached hydrogens (tertiary/aromatic N) is 1. The Labute approximate surface area is 208 Å². The molecule has 2 fully saturated rings. The standard InChI is InChI=1S/C22H31F6N3O2S.ClH/c23-21(24,25)15-34(32,33)30-19-6-4-16(5-7-19)8-11-31-12-9-18(10-13-31)29-20-3-1-2-17(14-20)22(26,27)28;/h1-3,14,16,18-19,29-30H,4-13,15H2;1H. The smallest absolute Gasteiger partial charge is 0.382 e. The Hall–Kier alpha value is -1.24. The SMILES string of the molecule is Cl.O=S(=O)(CC(F)(F)F)NC1CCC(CCN2CCC(Nc3cccc(C(F)(F)F)c3)CC2)CC1. The van der Waals surface area contributed by atoms with E-state index in [9.17, 15) is 34.8 Å². The van der Waals surface area contributed by atoms with Gasteiger partial charge in [-0.3, -0.25) is 0 Å². The predicted octanol–water partition coefficient (Wildman–Crippen LogP) is 5.43. The van der Waals surface area contributed by atoms with Crippen LogP contribution in [0.4, 0.5) is 32.0 Å². The van der Waals surface area contributed by atoms with E-state index in [2.05, 4.69) is 14.9 Å². The molecular weight excluding hydrogens is 520 g/mol. The number of benzene rings is 1. The topological polar surface area (TPSA) is 61.4 Å². The number of nitrogens with one attached hydrogen (secondary N) is 2. The van der Waals surface area contributed by atoms with Gasteiger partial charge >= 0.3 is 12.4 Å². The minimum Gasteiger partial charge on any atom is -0.382 e. The molecule has 1 aliphatic heterocycles. The van der Waals surface area contributed by atoms with Crippen LogP contribution >= 0.6 is 12.4 Å². The van der Waals surface area contributed by atoms with Gasteiger partial charge in [-0.2, -0.15) is 26.3 Å². The Morgan fingerprint density at radius 1 is 0.914 bits per heavy atom. The van der Waals surface area contributed by atoms with Crippen molar-refractivity contribution < 1.29 is 34.8 Å². The van der Waals surface area contributed by atoms with Gasteiger partial charge in [-0.15, -0.1) is 12.4 Å². The highest BCUT2D eigenvalue weighted by Crippen LogP contribution is 2.32. The van der Waals surface area contributed by atoms with Crippen LogP contribution in [0.1, 0.15) is 50.5 Å². The number of hydrogen-bond donors (Lipinski definition) is 2. The summed E-state index contributed by atoms with van der Waals surface area (Å²) < 4.78 is 101. The molecule has 202 valence electrons. The van der Waals surface area contributed by atoms with Crippen LogP contribution in [0, 0.1) is 5.92 Å². The fraction of sp³-hybridized carbons (Fsp3) is 0.727. The van der Waals surface area contributed by atoms with Crippen molar-refractivity contribution in [1.82, 2.24) is 9.62 Å². The first-order chi connectivity index (χ1) is 15.8. The molecular formula is C22H32ClF6N3O2S. The number of likely N-dealkylation sites (tertiary alicyclic amines) is 1. The van der Waals surface area contributed by atoms with E-state index in [1.165, 1.54) is 6.07 Å². The number of sulfonamides is 1. The summed E-state index contributed by atoms with van der Waals surface area (Å²) in [4.78, 5) is 2.32. The van der Waals surface area contributed by atoms with E-state index in [4.69, 9.17) is 0 Å². The number of hydrogen-bond acceptors (Lipinski definition) is 4. The Balaban J connectivity index is 0.00000432. The summed E-state index contributed by atoms with van der Waals surface area (Å²) in [6.07, 6.45) is -3.93. The second-order valence-electron chi connectivity index (χ2n) is 9.34. The molecule has 1 heterocycles. The normalized spacial score (nSPS) is 23.0. The summed E-state index contributed by atoms with van der Waals surface area (Å²) in [5.41, 5.74) is -0.200. The molecule has 0 amide bonds. The fourth-order valence-corrected chi connectivity index (χ4v) is 6.02. The quantitative estimate of drug-likeness (QED) is 0.423. The van der Waals surface area contributed by atoms with Crippen LogP contribution in [-0.4, -0.2) is 57.0 Å². The van der Waals surface area contributed by atoms with Crippen molar-refractivity contribution in [2.75, 3.05) is 30.7 Å². The third-order valence-corrected chi connectivity index (χ3v) is 7.95. The molecule has 1 saturated heterocycles. The molecule has 2 N–H and O–H groups in total. The Morgan fingerprint density at radius 2 is 1.54 bits per heavy atom. The van der Waals surface area contributed by atoms with E-state index in [0.717, 1.165) is 63.9 Å². The van der Waals surface area contributed by atoms with Crippen LogP contribution < -0.4 is 10.0 Å². The largest absolute Gasteiger partial charge is 0.416 e. The maximum Gasteiger partial charge on any atom is 0.416 e. The number of rotatable bonds is 8. The van der Waals surface area contributed by atoms with Gasteiger partial charge < -0.3 is 10.2 Å². The summed E-state index contributed by atoms with van der Waals surface area (Å²) in [6.45, 7) is 2.55. The van der Waals surface area contributed by atoms with Crippen molar-refractivity contribution in [1.29, 1.82) is 0 Å². The lowest BCUT2D eigenvalue weighted by atomic mass is 9.84. The molecule has 2 aliphatic rings. The Morgan fingerprint density at radius 3 is 2.11 bits per heavy atom. The van der Waals surface area contributed by atoms with Crippen LogP contribution in [0.5, 0.6) is 0 Å². The zero-order chi connectivity index (χ0) is 25.0. The van der Waals surface area contributed by atoms with Crippen molar-refractivity contribution in [3.05, 3.63) is 29.8 Å². The van der Waals surface area contributed by atoms with E-state index in [1.807, 2.05) is 0 Å². The van der Waals surface area contributed by atoms with E-state index in [-0.39, 0.29) is 18.4 Å². The van der Waals surface area contributed by atoms with Crippen molar-refractivity contribution in [2.24, 2.45) is 5.92 Å². The second kappa shape index (κ2) is 12.3. The predicted molar refractivity (Wildman–Crippen MR) is 125 cm³/mol. The molecule has 1 saturated carbocycles. The maximum atomic E-state index is 12.9. The van der Waals surface area contributed by atoms with Gasteiger partial charge in [0.1, 0.15) is 0 Å². The van der Waals surface area contributed by atoms with Crippen molar-refractivity contribution in [2.45, 2.75) is 69.4 Å². The first kappa shape index (κ1) is 30.0. The maximum absolute atomic E-state index is 12.9. The number of anilines is 1. The first-order valence-electron chi connectivity index (χ1n) is 11.5. The lowest BCUT2D eigenvalue weighted by Gasteiger charge is -2.35. The van der Waals surface area contributed by atoms with Crippen molar-refractivity contribution >= 4 is 28.1 Å². The third-order valence-electron chi connectivity index (χ3n) is 6.55. The van der Waals surface area contributed by atoms with Gasteiger partial charge in [0.15, 0.2) is 5.75 Å². The molecule has 1 aromatic carbocycles. The summed E-state index contributed by atoms with van der Waals surface area (Å²) in [5, 5.41) is 3.20. The zero-order valence-corrected chi connectivity index (χ0v) is 20.8. The van der Waals surface area contributed by atoms with E-state index in [0.29, 0.717) is 24.4 Å². The van der Waals surface area contributed by atoms with Gasteiger partial charge in [0, 0.05) is 30.9 Å². The lowest BCUT2D eigenvalue weighted by Crippen LogP contribution is -2.42. The van der Waals surface area contributed by atoms with E-state index < -0.39 is 39.7 Å². The number of alkyl halides is 6. The molecule has 13 heteroatoms. The van der Waals surface area contributed by atoms with Crippen LogP contribution in [0.15, 0.2) is 24.3 Å². The highest BCUT2D eigenvalue weighted by atomic mass is 35.5. The number of halogens is 7. The van der Waals surface area contributed by atoms with Gasteiger partial charge in [0.05, 0.1) is 5.56 Å². The van der Waals surface area contributed by atoms with Crippen LogP contribution in [0.2, 0.25) is 0 Å². The molecule has 5 nitrogen and oxygen atoms in total. The third kappa shape index (κ3) is 10.3. The Bertz CT molecular complexity index is 897. The highest BCUT2D eigenvalue weighted by molar-refractivity contribution is 7.89. The molecule has 3 rings (SSSR count). The van der Waals surface area contributed by atoms with Gasteiger partial charge in [-0.05, 0) is 75.6 Å². The molecule has 0 spiro atoms. The zero-order valence-electron chi connectivity index (χ0n) is 19.2. The summed E-state index contributed by atoms with van der Waals surface area (Å²) in [7, 11) is -4.37. The van der Waals surface area contributed by atoms with Crippen molar-refractivity contribution in [3.63, 3.8) is 0 Å². The average Bonchev–Trinajstić information content (AvgIpc) is 2.72. The monoisotopic (exact) mass is 551 g/mol. The van der Waals surface area contributed by atoms with Crippen molar-refractivity contribution in [3.8, 4) is 0 Å². The summed E-state index contributed by atoms with van der Waals surface area (Å²) in [6, 6.07) is 4.89. The van der Waals surface area contributed by atoms with Gasteiger partial charge in [-0.25, -0.2) is 13.1 Å². The van der Waals surface area contributed by atoms with Crippen LogP contribution in [0.3, 0.4) is 0 Å². The average molecular weight is 552 g/mol. The molecule has 1 aromatic rings. The minimum atomic E-state index is -4.75. The molecule has 0 aromatic heterocycles. The molecule has 35 heavy (non-hydrogen) atoms. The Kier molecular flexibility index (Phi) is 10.6. The molecule has 0 atom stereocenters. The summed E-state index contributed by atoms with van der Waals surface area (Å²) in [5.74, 6) is -1.44. The van der Waals surface area contributed by atoms with Gasteiger partial charge in [-0.1, -0.05) is 6.07 Å². The van der Waals surface area contributed by atoms with Gasteiger partial charge in [0.25, 0.3) is 0 Å². The van der Waals surface area contributed by atoms with Gasteiger partial charge in [0.2, 0.25) is 10.0 Å². The first-order valence-corrected chi connectivity index (χ1v) is 13.2. The molecule has 0 radical (unpaired) electrons. The van der Waals surface area contributed by atoms with E-state index in [1.54, 1.807) is 6.07 Å². The van der Waals surface area contributed by atoms with Crippen LogP contribution in [-0.2, 0) is 16.2 Å². The number of piperidine rings is 1. The second-order valence-corrected chi connectivity index (χ2v) is 11.1. The minimum absolute atomic E-state index is 0. The van der Waals surface area contributed by atoms with E-state index >= 15 is 0 Å². The molecule has 0 bridgehead atoms. The fourth-order valence-electron chi connectivity index (χ4n) is 4.77. The summed E-state index contributed by atoms with van der Waals surface area (Å²) >= 11 is 0. The lowest BCUT2D eigenvalue weighted by molar-refractivity contribution is -0.137.